The molecule has 7 heteroatoms. The second-order valence-electron chi connectivity index (χ2n) is 6.39. The molecule has 0 unspecified atom stereocenters. The maximum absolute atomic E-state index is 12.6. The number of nitrogens with zero attached hydrogens (tertiary/aromatic N) is 2. The summed E-state index contributed by atoms with van der Waals surface area (Å²) in [6, 6.07) is 16.2. The summed E-state index contributed by atoms with van der Waals surface area (Å²) in [5.74, 6) is -0.213. The fraction of sp³-hybridized carbons (Fsp3) is 0.174. The molecule has 1 heterocycles. The quantitative estimate of drug-likeness (QED) is 0.368. The standard InChI is InChI=1S/C23H21N3O4/c1-3-30-22(27)15-26-14-17(20-6-4-5-7-21(20)26)12-16(13-24)23(28)25-18-8-10-19(29-2)11-9-18/h4-12,14H,3,15H2,1-2H3,(H,25,28)/b16-12-. The summed E-state index contributed by atoms with van der Waals surface area (Å²) in [6.07, 6.45) is 3.25. The molecule has 1 N–H and O–H groups in total. The lowest BCUT2D eigenvalue weighted by Crippen LogP contribution is -2.13. The number of fused-ring (bicyclic) bond motifs is 1. The van der Waals surface area contributed by atoms with Crippen LogP contribution in [0.3, 0.4) is 0 Å². The predicted molar refractivity (Wildman–Crippen MR) is 114 cm³/mol. The zero-order valence-corrected chi connectivity index (χ0v) is 16.7. The van der Waals surface area contributed by atoms with Gasteiger partial charge in [0.15, 0.2) is 0 Å². The number of amides is 1. The third-order valence-corrected chi connectivity index (χ3v) is 4.44. The van der Waals surface area contributed by atoms with Crippen LogP contribution >= 0.6 is 0 Å². The van der Waals surface area contributed by atoms with Gasteiger partial charge in [0.1, 0.15) is 23.9 Å². The molecule has 0 saturated heterocycles. The van der Waals surface area contributed by atoms with Gasteiger partial charge >= 0.3 is 5.97 Å². The average Bonchev–Trinajstić information content (AvgIpc) is 3.09. The highest BCUT2D eigenvalue weighted by atomic mass is 16.5. The monoisotopic (exact) mass is 403 g/mol. The molecule has 0 aliphatic rings. The molecule has 1 amide bonds. The van der Waals surface area contributed by atoms with Gasteiger partial charge in [-0.25, -0.2) is 0 Å². The number of anilines is 1. The molecule has 3 aromatic rings. The first-order chi connectivity index (χ1) is 14.5. The van der Waals surface area contributed by atoms with Crippen molar-refractivity contribution in [3.8, 4) is 11.8 Å². The van der Waals surface area contributed by atoms with E-state index < -0.39 is 5.91 Å². The maximum atomic E-state index is 12.6. The third-order valence-electron chi connectivity index (χ3n) is 4.44. The fourth-order valence-electron chi connectivity index (χ4n) is 3.04. The lowest BCUT2D eigenvalue weighted by Gasteiger charge is -2.05. The first kappa shape index (κ1) is 20.7. The molecule has 1 aromatic heterocycles. The molecular formula is C23H21N3O4. The molecule has 0 spiro atoms. The Morgan fingerprint density at radius 2 is 1.90 bits per heavy atom. The van der Waals surface area contributed by atoms with Crippen LogP contribution in [0, 0.1) is 11.3 Å². The zero-order chi connectivity index (χ0) is 21.5. The van der Waals surface area contributed by atoms with Gasteiger partial charge in [-0.3, -0.25) is 9.59 Å². The Hall–Kier alpha value is -4.05. The Balaban J connectivity index is 1.90. The van der Waals surface area contributed by atoms with Gasteiger partial charge in [-0.15, -0.1) is 0 Å². The number of nitriles is 1. The smallest absolute Gasteiger partial charge is 0.325 e. The molecule has 0 atom stereocenters. The van der Waals surface area contributed by atoms with Crippen LogP contribution in [-0.4, -0.2) is 30.2 Å². The van der Waals surface area contributed by atoms with Gasteiger partial charge < -0.3 is 19.4 Å². The van der Waals surface area contributed by atoms with Crippen molar-refractivity contribution in [2.24, 2.45) is 0 Å². The second kappa shape index (κ2) is 9.43. The summed E-state index contributed by atoms with van der Waals surface area (Å²) in [6.45, 7) is 2.09. The van der Waals surface area contributed by atoms with E-state index >= 15 is 0 Å². The largest absolute Gasteiger partial charge is 0.497 e. The number of carbonyl (C=O) groups excluding carboxylic acids is 2. The topological polar surface area (TPSA) is 93.4 Å². The average molecular weight is 403 g/mol. The Bertz CT molecular complexity index is 1140. The molecular weight excluding hydrogens is 382 g/mol. The molecule has 152 valence electrons. The summed E-state index contributed by atoms with van der Waals surface area (Å²) in [5, 5.41) is 13.1. The van der Waals surface area contributed by atoms with E-state index in [4.69, 9.17) is 9.47 Å². The van der Waals surface area contributed by atoms with Crippen molar-refractivity contribution in [3.63, 3.8) is 0 Å². The van der Waals surface area contributed by atoms with Crippen molar-refractivity contribution in [2.45, 2.75) is 13.5 Å². The van der Waals surface area contributed by atoms with Gasteiger partial charge in [0.05, 0.1) is 13.7 Å². The number of hydrogen-bond donors (Lipinski definition) is 1. The van der Waals surface area contributed by atoms with Crippen LogP contribution in [-0.2, 0) is 20.9 Å². The summed E-state index contributed by atoms with van der Waals surface area (Å²) in [7, 11) is 1.56. The minimum atomic E-state index is -0.523. The third kappa shape index (κ3) is 4.67. The molecule has 0 fully saturated rings. The van der Waals surface area contributed by atoms with Gasteiger partial charge in [0.2, 0.25) is 0 Å². The normalized spacial score (nSPS) is 11.0. The number of carbonyl (C=O) groups is 2. The van der Waals surface area contributed by atoms with E-state index in [9.17, 15) is 14.9 Å². The van der Waals surface area contributed by atoms with Crippen LogP contribution in [0.4, 0.5) is 5.69 Å². The molecule has 7 nitrogen and oxygen atoms in total. The molecule has 0 bridgehead atoms. The number of nitrogens with one attached hydrogen (secondary N) is 1. The molecule has 0 aliphatic carbocycles. The molecule has 2 aromatic carbocycles. The van der Waals surface area contributed by atoms with Crippen LogP contribution in [0.2, 0.25) is 0 Å². The van der Waals surface area contributed by atoms with E-state index in [2.05, 4.69) is 5.32 Å². The summed E-state index contributed by atoms with van der Waals surface area (Å²) >= 11 is 0. The number of rotatable bonds is 7. The van der Waals surface area contributed by atoms with Crippen LogP contribution in [0.5, 0.6) is 5.75 Å². The van der Waals surface area contributed by atoms with E-state index in [1.165, 1.54) is 6.08 Å². The van der Waals surface area contributed by atoms with Gasteiger partial charge in [-0.2, -0.15) is 5.26 Å². The second-order valence-corrected chi connectivity index (χ2v) is 6.39. The number of hydrogen-bond acceptors (Lipinski definition) is 5. The Morgan fingerprint density at radius 3 is 2.57 bits per heavy atom. The predicted octanol–water partition coefficient (Wildman–Crippen LogP) is 3.76. The van der Waals surface area contributed by atoms with Gasteiger partial charge in [0, 0.05) is 28.4 Å². The van der Waals surface area contributed by atoms with E-state index in [0.717, 1.165) is 10.9 Å². The highest BCUT2D eigenvalue weighted by molar-refractivity contribution is 6.10. The van der Waals surface area contributed by atoms with Crippen LogP contribution in [0.1, 0.15) is 12.5 Å². The number of aromatic nitrogens is 1. The number of para-hydroxylation sites is 1. The van der Waals surface area contributed by atoms with Crippen LogP contribution in [0.15, 0.2) is 60.3 Å². The lowest BCUT2D eigenvalue weighted by atomic mass is 10.1. The number of ether oxygens (including phenoxy) is 2. The molecule has 3 rings (SSSR count). The highest BCUT2D eigenvalue weighted by Crippen LogP contribution is 2.24. The SMILES string of the molecule is CCOC(=O)Cn1cc(/C=C(/C#N)C(=O)Nc2ccc(OC)cc2)c2ccccc21. The minimum Gasteiger partial charge on any atom is -0.497 e. The van der Waals surface area contributed by atoms with Crippen molar-refractivity contribution in [1.29, 1.82) is 5.26 Å². The number of methoxy groups -OCH3 is 1. The summed E-state index contributed by atoms with van der Waals surface area (Å²) in [4.78, 5) is 24.5. The van der Waals surface area contributed by atoms with Crippen LogP contribution < -0.4 is 10.1 Å². The van der Waals surface area contributed by atoms with Crippen molar-refractivity contribution in [1.82, 2.24) is 4.57 Å². The van der Waals surface area contributed by atoms with Crippen molar-refractivity contribution >= 4 is 34.5 Å². The van der Waals surface area contributed by atoms with E-state index in [0.29, 0.717) is 23.6 Å². The summed E-state index contributed by atoms with van der Waals surface area (Å²) in [5.41, 5.74) is 1.97. The number of esters is 1. The zero-order valence-electron chi connectivity index (χ0n) is 16.7. The lowest BCUT2D eigenvalue weighted by molar-refractivity contribution is -0.143. The van der Waals surface area contributed by atoms with Crippen molar-refractivity contribution < 1.29 is 19.1 Å². The van der Waals surface area contributed by atoms with Crippen LogP contribution in [0.25, 0.3) is 17.0 Å². The maximum Gasteiger partial charge on any atom is 0.325 e. The van der Waals surface area contributed by atoms with Crippen molar-refractivity contribution in [2.75, 3.05) is 19.0 Å². The van der Waals surface area contributed by atoms with Crippen molar-refractivity contribution in [3.05, 3.63) is 65.9 Å². The first-order valence-electron chi connectivity index (χ1n) is 9.36. The Morgan fingerprint density at radius 1 is 1.17 bits per heavy atom. The Kier molecular flexibility index (Phi) is 6.50. The van der Waals surface area contributed by atoms with E-state index in [1.807, 2.05) is 30.3 Å². The molecule has 0 saturated carbocycles. The number of benzene rings is 2. The van der Waals surface area contributed by atoms with Gasteiger partial charge in [-0.1, -0.05) is 18.2 Å². The summed E-state index contributed by atoms with van der Waals surface area (Å²) < 4.78 is 11.9. The van der Waals surface area contributed by atoms with Gasteiger partial charge in [0.25, 0.3) is 5.91 Å². The molecule has 30 heavy (non-hydrogen) atoms. The minimum absolute atomic E-state index is 0.0438. The first-order valence-corrected chi connectivity index (χ1v) is 9.36. The molecule has 0 radical (unpaired) electrons. The van der Waals surface area contributed by atoms with E-state index in [1.54, 1.807) is 49.1 Å². The Labute approximate surface area is 174 Å². The fourth-order valence-corrected chi connectivity index (χ4v) is 3.04. The van der Waals surface area contributed by atoms with E-state index in [-0.39, 0.29) is 18.1 Å². The highest BCUT2D eigenvalue weighted by Gasteiger charge is 2.14. The molecule has 0 aliphatic heterocycles. The van der Waals surface area contributed by atoms with Gasteiger partial charge in [-0.05, 0) is 43.3 Å².